The largest absolute Gasteiger partial charge is 0.356 e. The van der Waals surface area contributed by atoms with Gasteiger partial charge in [-0.15, -0.1) is 0 Å². The maximum absolute atomic E-state index is 11.8. The van der Waals surface area contributed by atoms with Gasteiger partial charge in [0.25, 0.3) is 0 Å². The third kappa shape index (κ3) is 5.24. The van der Waals surface area contributed by atoms with Crippen molar-refractivity contribution in [1.29, 1.82) is 0 Å². The van der Waals surface area contributed by atoms with E-state index in [9.17, 15) is 4.79 Å². The molecule has 0 aromatic carbocycles. The fraction of sp³-hybridized carbons (Fsp3) is 0.692. The molecule has 2 rings (SSSR count). The number of nitrogens with zero attached hydrogens (tertiary/aromatic N) is 2. The quantitative estimate of drug-likeness (QED) is 0.807. The molecule has 0 radical (unpaired) electrons. The van der Waals surface area contributed by atoms with Crippen LogP contribution in [0.3, 0.4) is 0 Å². The Balaban J connectivity index is 1.62. The van der Waals surface area contributed by atoms with Gasteiger partial charge in [-0.05, 0) is 12.0 Å². The number of carbonyl (C=O) groups excluding carboxylic acids is 1. The van der Waals surface area contributed by atoms with E-state index in [-0.39, 0.29) is 5.91 Å². The number of nitrogens with one attached hydrogen (secondary N) is 2. The van der Waals surface area contributed by atoms with E-state index in [2.05, 4.69) is 22.7 Å². The highest BCUT2D eigenvalue weighted by Crippen LogP contribution is 2.10. The second kappa shape index (κ2) is 7.55. The average Bonchev–Trinajstić information content (AvgIpc) is 2.90. The number of aromatic nitrogens is 2. The van der Waals surface area contributed by atoms with Crippen LogP contribution in [0.2, 0.25) is 0 Å². The molecule has 0 spiro atoms. The Morgan fingerprint density at radius 3 is 3.26 bits per heavy atom. The third-order valence-corrected chi connectivity index (χ3v) is 4.27. The maximum atomic E-state index is 11.8. The van der Waals surface area contributed by atoms with Crippen molar-refractivity contribution in [2.24, 2.45) is 5.92 Å². The first-order valence-electron chi connectivity index (χ1n) is 6.79. The summed E-state index contributed by atoms with van der Waals surface area (Å²) in [5.41, 5.74) is 0. The van der Waals surface area contributed by atoms with E-state index < -0.39 is 0 Å². The molecule has 5 nitrogen and oxygen atoms in total. The number of carbonyl (C=O) groups is 1. The van der Waals surface area contributed by atoms with E-state index >= 15 is 0 Å². The maximum Gasteiger partial charge on any atom is 0.221 e. The van der Waals surface area contributed by atoms with Gasteiger partial charge < -0.3 is 10.6 Å². The molecule has 2 heterocycles. The standard InChI is InChI=1S/C13H22N4OS/c1-11(9-17-5-2-3-16-17)8-15-13(18)7-12-10-19-6-4-14-12/h2-3,5,11-12,14H,4,6-10H2,1H3,(H,15,18). The van der Waals surface area contributed by atoms with Crippen LogP contribution >= 0.6 is 11.8 Å². The fourth-order valence-corrected chi connectivity index (χ4v) is 3.08. The summed E-state index contributed by atoms with van der Waals surface area (Å²) >= 11 is 1.92. The molecule has 0 saturated carbocycles. The lowest BCUT2D eigenvalue weighted by atomic mass is 10.1. The van der Waals surface area contributed by atoms with Crippen LogP contribution in [0.1, 0.15) is 13.3 Å². The van der Waals surface area contributed by atoms with Crippen LogP contribution in [0.15, 0.2) is 18.5 Å². The zero-order valence-electron chi connectivity index (χ0n) is 11.3. The van der Waals surface area contributed by atoms with E-state index in [0.29, 0.717) is 24.9 Å². The van der Waals surface area contributed by atoms with Crippen LogP contribution in [0.5, 0.6) is 0 Å². The molecule has 106 valence electrons. The summed E-state index contributed by atoms with van der Waals surface area (Å²) in [5, 5.41) is 10.6. The normalized spacial score (nSPS) is 21.0. The summed E-state index contributed by atoms with van der Waals surface area (Å²) in [6, 6.07) is 2.25. The Kier molecular flexibility index (Phi) is 5.72. The monoisotopic (exact) mass is 282 g/mol. The minimum atomic E-state index is 0.146. The number of hydrogen-bond donors (Lipinski definition) is 2. The van der Waals surface area contributed by atoms with Gasteiger partial charge in [0, 0.05) is 56.0 Å². The second-order valence-corrected chi connectivity index (χ2v) is 6.22. The van der Waals surface area contributed by atoms with Gasteiger partial charge in [-0.25, -0.2) is 0 Å². The summed E-state index contributed by atoms with van der Waals surface area (Å²) in [6.07, 6.45) is 4.31. The van der Waals surface area contributed by atoms with Crippen LogP contribution in [0.4, 0.5) is 0 Å². The Morgan fingerprint density at radius 1 is 1.68 bits per heavy atom. The van der Waals surface area contributed by atoms with Gasteiger partial charge >= 0.3 is 0 Å². The molecule has 0 aliphatic carbocycles. The smallest absolute Gasteiger partial charge is 0.221 e. The van der Waals surface area contributed by atoms with Crippen molar-refractivity contribution in [2.45, 2.75) is 25.9 Å². The Bertz CT molecular complexity index is 376. The van der Waals surface area contributed by atoms with Crippen molar-refractivity contribution in [3.63, 3.8) is 0 Å². The minimum Gasteiger partial charge on any atom is -0.356 e. The molecule has 19 heavy (non-hydrogen) atoms. The van der Waals surface area contributed by atoms with E-state index in [1.165, 1.54) is 0 Å². The van der Waals surface area contributed by atoms with Crippen molar-refractivity contribution in [3.8, 4) is 0 Å². The van der Waals surface area contributed by atoms with Gasteiger partial charge in [0.05, 0.1) is 0 Å². The first kappa shape index (κ1) is 14.4. The van der Waals surface area contributed by atoms with Crippen LogP contribution < -0.4 is 10.6 Å². The summed E-state index contributed by atoms with van der Waals surface area (Å²) in [5.74, 6) is 2.72. The van der Waals surface area contributed by atoms with Crippen molar-refractivity contribution >= 4 is 17.7 Å². The fourth-order valence-electron chi connectivity index (χ4n) is 2.13. The van der Waals surface area contributed by atoms with E-state index in [4.69, 9.17) is 0 Å². The lowest BCUT2D eigenvalue weighted by Gasteiger charge is -2.22. The number of hydrogen-bond acceptors (Lipinski definition) is 4. The van der Waals surface area contributed by atoms with Crippen molar-refractivity contribution in [3.05, 3.63) is 18.5 Å². The van der Waals surface area contributed by atoms with Gasteiger partial charge in [-0.2, -0.15) is 16.9 Å². The highest BCUT2D eigenvalue weighted by Gasteiger charge is 2.16. The first-order chi connectivity index (χ1) is 9.24. The van der Waals surface area contributed by atoms with Crippen molar-refractivity contribution < 1.29 is 4.79 Å². The lowest BCUT2D eigenvalue weighted by molar-refractivity contribution is -0.121. The summed E-state index contributed by atoms with van der Waals surface area (Å²) in [6.45, 7) is 4.68. The van der Waals surface area contributed by atoms with Gasteiger partial charge in [-0.1, -0.05) is 6.92 Å². The molecule has 1 aromatic rings. The van der Waals surface area contributed by atoms with Gasteiger partial charge in [0.1, 0.15) is 0 Å². The molecule has 1 aliphatic rings. The predicted molar refractivity (Wildman–Crippen MR) is 78.1 cm³/mol. The molecule has 1 aliphatic heterocycles. The first-order valence-corrected chi connectivity index (χ1v) is 7.95. The summed E-state index contributed by atoms with van der Waals surface area (Å²) < 4.78 is 1.90. The Labute approximate surface area is 118 Å². The molecule has 2 N–H and O–H groups in total. The van der Waals surface area contributed by atoms with Gasteiger partial charge in [0.15, 0.2) is 0 Å². The molecule has 1 fully saturated rings. The van der Waals surface area contributed by atoms with E-state index in [0.717, 1.165) is 24.6 Å². The second-order valence-electron chi connectivity index (χ2n) is 5.07. The SMILES string of the molecule is CC(CNC(=O)CC1CSCCN1)Cn1cccn1. The average molecular weight is 282 g/mol. The molecule has 1 aromatic heterocycles. The number of amides is 1. The number of thioether (sulfide) groups is 1. The highest BCUT2D eigenvalue weighted by atomic mass is 32.2. The molecule has 2 atom stereocenters. The molecule has 6 heteroatoms. The Morgan fingerprint density at radius 2 is 2.58 bits per heavy atom. The molecule has 2 unspecified atom stereocenters. The van der Waals surface area contributed by atoms with E-state index in [1.54, 1.807) is 6.20 Å². The molecule has 1 amide bonds. The minimum absolute atomic E-state index is 0.146. The van der Waals surface area contributed by atoms with Gasteiger partial charge in [0.2, 0.25) is 5.91 Å². The zero-order valence-corrected chi connectivity index (χ0v) is 12.2. The van der Waals surface area contributed by atoms with Gasteiger partial charge in [-0.3, -0.25) is 9.48 Å². The highest BCUT2D eigenvalue weighted by molar-refractivity contribution is 7.99. The summed E-state index contributed by atoms with van der Waals surface area (Å²) in [4.78, 5) is 11.8. The molecule has 1 saturated heterocycles. The van der Waals surface area contributed by atoms with Crippen LogP contribution in [0, 0.1) is 5.92 Å². The number of rotatable bonds is 6. The summed E-state index contributed by atoms with van der Waals surface area (Å²) in [7, 11) is 0. The van der Waals surface area contributed by atoms with Crippen molar-refractivity contribution in [2.75, 3.05) is 24.6 Å². The molecular weight excluding hydrogens is 260 g/mol. The molecular formula is C13H22N4OS. The Hall–Kier alpha value is -1.01. The zero-order chi connectivity index (χ0) is 13.5. The van der Waals surface area contributed by atoms with E-state index in [1.807, 2.05) is 28.7 Å². The van der Waals surface area contributed by atoms with Crippen LogP contribution in [0.25, 0.3) is 0 Å². The lowest BCUT2D eigenvalue weighted by Crippen LogP contribution is -2.42. The van der Waals surface area contributed by atoms with Crippen molar-refractivity contribution in [1.82, 2.24) is 20.4 Å². The predicted octanol–water partition coefficient (Wildman–Crippen LogP) is 0.730. The topological polar surface area (TPSA) is 59.0 Å². The van der Waals surface area contributed by atoms with Crippen LogP contribution in [-0.4, -0.2) is 46.3 Å². The molecule has 0 bridgehead atoms. The third-order valence-electron chi connectivity index (χ3n) is 3.14. The van der Waals surface area contributed by atoms with Crippen LogP contribution in [-0.2, 0) is 11.3 Å².